The number of nitrogens with one attached hydrogen (secondary N) is 1. The Kier molecular flexibility index (Phi) is 7.09. The van der Waals surface area contributed by atoms with Gasteiger partial charge in [-0.3, -0.25) is 0 Å². The molecule has 1 fully saturated rings. The first-order valence-corrected chi connectivity index (χ1v) is 8.05. The minimum atomic E-state index is 0.0283. The standard InChI is InChI=1S/C17H33NO/c1-6-11-18-16(12-14(3)4)17(19-7-2)10-8-9-15(5)13-17/h15-16,18H,3,6-13H2,1-2,4-5H3. The number of hydrogen-bond donors (Lipinski definition) is 1. The van der Waals surface area contributed by atoms with E-state index in [4.69, 9.17) is 4.74 Å². The molecular weight excluding hydrogens is 234 g/mol. The maximum atomic E-state index is 6.30. The normalized spacial score (nSPS) is 29.2. The quantitative estimate of drug-likeness (QED) is 0.662. The summed E-state index contributed by atoms with van der Waals surface area (Å²) >= 11 is 0. The highest BCUT2D eigenvalue weighted by Gasteiger charge is 2.42. The van der Waals surface area contributed by atoms with E-state index in [-0.39, 0.29) is 5.60 Å². The minimum Gasteiger partial charge on any atom is -0.374 e. The van der Waals surface area contributed by atoms with Crippen molar-refractivity contribution < 1.29 is 4.74 Å². The van der Waals surface area contributed by atoms with Crippen molar-refractivity contribution in [2.75, 3.05) is 13.2 Å². The van der Waals surface area contributed by atoms with Crippen LogP contribution >= 0.6 is 0 Å². The van der Waals surface area contributed by atoms with Gasteiger partial charge in [-0.1, -0.05) is 32.3 Å². The Morgan fingerprint density at radius 2 is 2.21 bits per heavy atom. The third-order valence-corrected chi connectivity index (χ3v) is 4.25. The van der Waals surface area contributed by atoms with E-state index in [0.717, 1.165) is 25.5 Å². The number of ether oxygens (including phenoxy) is 1. The zero-order valence-corrected chi connectivity index (χ0v) is 13.4. The molecule has 3 unspecified atom stereocenters. The van der Waals surface area contributed by atoms with Gasteiger partial charge in [-0.15, -0.1) is 6.58 Å². The van der Waals surface area contributed by atoms with Crippen molar-refractivity contribution in [2.45, 2.75) is 77.9 Å². The van der Waals surface area contributed by atoms with Crippen molar-refractivity contribution in [3.8, 4) is 0 Å². The van der Waals surface area contributed by atoms with Crippen LogP contribution in [0, 0.1) is 5.92 Å². The maximum Gasteiger partial charge on any atom is 0.0840 e. The fraction of sp³-hybridized carbons (Fsp3) is 0.882. The van der Waals surface area contributed by atoms with Crippen molar-refractivity contribution in [3.05, 3.63) is 12.2 Å². The van der Waals surface area contributed by atoms with Gasteiger partial charge in [0.25, 0.3) is 0 Å². The smallest absolute Gasteiger partial charge is 0.0840 e. The lowest BCUT2D eigenvalue weighted by Gasteiger charge is -2.46. The molecule has 2 nitrogen and oxygen atoms in total. The van der Waals surface area contributed by atoms with Crippen molar-refractivity contribution >= 4 is 0 Å². The number of hydrogen-bond acceptors (Lipinski definition) is 2. The summed E-state index contributed by atoms with van der Waals surface area (Å²) in [5.41, 5.74) is 1.28. The van der Waals surface area contributed by atoms with Crippen LogP contribution in [0.3, 0.4) is 0 Å². The Morgan fingerprint density at radius 1 is 1.47 bits per heavy atom. The van der Waals surface area contributed by atoms with Crippen molar-refractivity contribution in [1.82, 2.24) is 5.32 Å². The average molecular weight is 267 g/mol. The van der Waals surface area contributed by atoms with Gasteiger partial charge in [0.05, 0.1) is 5.60 Å². The predicted octanol–water partition coefficient (Wildman–Crippen LogP) is 4.31. The Bertz CT molecular complexity index is 272. The highest BCUT2D eigenvalue weighted by atomic mass is 16.5. The van der Waals surface area contributed by atoms with Crippen LogP contribution < -0.4 is 5.32 Å². The summed E-state index contributed by atoms with van der Waals surface area (Å²) in [5, 5.41) is 3.73. The van der Waals surface area contributed by atoms with Gasteiger partial charge in [-0.05, 0) is 52.0 Å². The molecule has 0 radical (unpaired) electrons. The zero-order valence-electron chi connectivity index (χ0n) is 13.4. The molecule has 0 bridgehead atoms. The van der Waals surface area contributed by atoms with E-state index in [1.54, 1.807) is 0 Å². The van der Waals surface area contributed by atoms with Gasteiger partial charge in [0.15, 0.2) is 0 Å². The van der Waals surface area contributed by atoms with Crippen molar-refractivity contribution in [3.63, 3.8) is 0 Å². The molecule has 0 aliphatic heterocycles. The van der Waals surface area contributed by atoms with E-state index < -0.39 is 0 Å². The van der Waals surface area contributed by atoms with Gasteiger partial charge in [0, 0.05) is 12.6 Å². The fourth-order valence-electron chi connectivity index (χ4n) is 3.49. The lowest BCUT2D eigenvalue weighted by atomic mass is 9.73. The van der Waals surface area contributed by atoms with Gasteiger partial charge >= 0.3 is 0 Å². The lowest BCUT2D eigenvalue weighted by molar-refractivity contribution is -0.1000. The molecule has 1 N–H and O–H groups in total. The molecule has 1 saturated carbocycles. The highest BCUT2D eigenvalue weighted by Crippen LogP contribution is 2.39. The second kappa shape index (κ2) is 8.06. The van der Waals surface area contributed by atoms with Crippen LogP contribution in [0.25, 0.3) is 0 Å². The van der Waals surface area contributed by atoms with Crippen LogP contribution in [0.2, 0.25) is 0 Å². The molecule has 0 aromatic carbocycles. The van der Waals surface area contributed by atoms with Gasteiger partial charge in [0.1, 0.15) is 0 Å². The summed E-state index contributed by atoms with van der Waals surface area (Å²) in [6, 6.07) is 0.424. The summed E-state index contributed by atoms with van der Waals surface area (Å²) in [7, 11) is 0. The lowest BCUT2D eigenvalue weighted by Crippen LogP contribution is -2.55. The fourth-order valence-corrected chi connectivity index (χ4v) is 3.49. The Labute approximate surface area is 120 Å². The summed E-state index contributed by atoms with van der Waals surface area (Å²) in [6.45, 7) is 14.8. The third-order valence-electron chi connectivity index (χ3n) is 4.25. The van der Waals surface area contributed by atoms with Crippen LogP contribution in [-0.2, 0) is 4.74 Å². The summed E-state index contributed by atoms with van der Waals surface area (Å²) in [5.74, 6) is 0.774. The van der Waals surface area contributed by atoms with Crippen LogP contribution in [0.5, 0.6) is 0 Å². The minimum absolute atomic E-state index is 0.0283. The third kappa shape index (κ3) is 4.92. The molecule has 0 amide bonds. The topological polar surface area (TPSA) is 21.3 Å². The van der Waals surface area contributed by atoms with Gasteiger partial charge in [-0.25, -0.2) is 0 Å². The largest absolute Gasteiger partial charge is 0.374 e. The first-order chi connectivity index (χ1) is 9.04. The molecule has 1 aliphatic rings. The molecule has 3 atom stereocenters. The molecule has 1 rings (SSSR count). The van der Waals surface area contributed by atoms with Gasteiger partial charge < -0.3 is 10.1 Å². The molecule has 0 aromatic heterocycles. The molecule has 19 heavy (non-hydrogen) atoms. The van der Waals surface area contributed by atoms with Crippen LogP contribution in [0.4, 0.5) is 0 Å². The Hall–Kier alpha value is -0.340. The van der Waals surface area contributed by atoms with E-state index in [0.29, 0.717) is 6.04 Å². The van der Waals surface area contributed by atoms with Crippen molar-refractivity contribution in [2.24, 2.45) is 5.92 Å². The van der Waals surface area contributed by atoms with Crippen LogP contribution in [0.15, 0.2) is 12.2 Å². The molecule has 0 saturated heterocycles. The first kappa shape index (κ1) is 16.7. The van der Waals surface area contributed by atoms with E-state index >= 15 is 0 Å². The molecule has 2 heteroatoms. The van der Waals surface area contributed by atoms with Crippen molar-refractivity contribution in [1.29, 1.82) is 0 Å². The van der Waals surface area contributed by atoms with E-state index in [1.165, 1.54) is 37.7 Å². The zero-order chi connectivity index (χ0) is 14.3. The first-order valence-electron chi connectivity index (χ1n) is 8.05. The van der Waals surface area contributed by atoms with Crippen LogP contribution in [-0.4, -0.2) is 24.8 Å². The molecule has 0 spiro atoms. The summed E-state index contributed by atoms with van der Waals surface area (Å²) in [4.78, 5) is 0. The molecule has 0 aromatic rings. The summed E-state index contributed by atoms with van der Waals surface area (Å²) < 4.78 is 6.30. The van der Waals surface area contributed by atoms with Gasteiger partial charge in [0.2, 0.25) is 0 Å². The Balaban J connectivity index is 2.85. The number of rotatable bonds is 8. The monoisotopic (exact) mass is 267 g/mol. The van der Waals surface area contributed by atoms with E-state index in [2.05, 4.69) is 39.6 Å². The average Bonchev–Trinajstić information content (AvgIpc) is 2.34. The highest BCUT2D eigenvalue weighted by molar-refractivity contribution is 5.04. The SMILES string of the molecule is C=C(C)CC(NCCC)C1(OCC)CCCC(C)C1. The van der Waals surface area contributed by atoms with Crippen LogP contribution in [0.1, 0.15) is 66.2 Å². The second-order valence-corrected chi connectivity index (χ2v) is 6.37. The van der Waals surface area contributed by atoms with Gasteiger partial charge in [-0.2, -0.15) is 0 Å². The van der Waals surface area contributed by atoms with E-state index in [1.807, 2.05) is 0 Å². The molecule has 0 heterocycles. The predicted molar refractivity (Wildman–Crippen MR) is 83.5 cm³/mol. The molecule has 112 valence electrons. The maximum absolute atomic E-state index is 6.30. The second-order valence-electron chi connectivity index (χ2n) is 6.37. The Morgan fingerprint density at radius 3 is 2.74 bits per heavy atom. The van der Waals surface area contributed by atoms with E-state index in [9.17, 15) is 0 Å². The molecule has 1 aliphatic carbocycles. The molecular formula is C17H33NO. The summed E-state index contributed by atoms with van der Waals surface area (Å²) in [6.07, 6.45) is 7.23.